The van der Waals surface area contributed by atoms with Gasteiger partial charge in [0, 0.05) is 12.8 Å². The van der Waals surface area contributed by atoms with Crippen molar-refractivity contribution < 1.29 is 24.5 Å². The maximum absolute atomic E-state index is 12.4. The Morgan fingerprint density at radius 1 is 0.458 bits per heavy atom. The van der Waals surface area contributed by atoms with E-state index in [4.69, 9.17) is 4.74 Å². The van der Waals surface area contributed by atoms with E-state index in [0.717, 1.165) is 70.6 Å². The summed E-state index contributed by atoms with van der Waals surface area (Å²) in [5.41, 5.74) is 0. The van der Waals surface area contributed by atoms with Gasteiger partial charge in [-0.15, -0.1) is 0 Å². The first-order valence-electron chi connectivity index (χ1n) is 25.8. The van der Waals surface area contributed by atoms with Crippen LogP contribution < -0.4 is 5.32 Å². The second kappa shape index (κ2) is 48.7. The maximum atomic E-state index is 12.4. The smallest absolute Gasteiger partial charge is 0.305 e. The molecule has 346 valence electrons. The van der Waals surface area contributed by atoms with Crippen molar-refractivity contribution in [2.45, 2.75) is 276 Å². The molecule has 0 heterocycles. The van der Waals surface area contributed by atoms with Crippen molar-refractivity contribution in [3.05, 3.63) is 36.5 Å². The number of hydrogen-bond donors (Lipinski definition) is 3. The number of carbonyl (C=O) groups is 2. The van der Waals surface area contributed by atoms with Crippen LogP contribution in [0.1, 0.15) is 264 Å². The largest absolute Gasteiger partial charge is 0.466 e. The molecule has 0 aliphatic rings. The lowest BCUT2D eigenvalue weighted by Crippen LogP contribution is -2.45. The Morgan fingerprint density at radius 3 is 1.24 bits per heavy atom. The molecular weight excluding hydrogens is 731 g/mol. The molecule has 0 aromatic rings. The molecule has 6 heteroatoms. The summed E-state index contributed by atoms with van der Waals surface area (Å²) in [5.74, 6) is -0.175. The predicted octanol–water partition coefficient (Wildman–Crippen LogP) is 15.3. The van der Waals surface area contributed by atoms with Gasteiger partial charge in [0.1, 0.15) is 0 Å². The number of unbranched alkanes of at least 4 members (excludes halogenated alkanes) is 32. The summed E-state index contributed by atoms with van der Waals surface area (Å²) >= 11 is 0. The molecule has 0 radical (unpaired) electrons. The zero-order valence-corrected chi connectivity index (χ0v) is 39.2. The second-order valence-electron chi connectivity index (χ2n) is 17.5. The Balaban J connectivity index is 3.59. The van der Waals surface area contributed by atoms with Gasteiger partial charge in [-0.3, -0.25) is 9.59 Å². The molecule has 0 saturated carbocycles. The molecule has 0 aromatic carbocycles. The van der Waals surface area contributed by atoms with Crippen LogP contribution in [0.2, 0.25) is 0 Å². The van der Waals surface area contributed by atoms with Gasteiger partial charge in [-0.1, -0.05) is 211 Å². The Hall–Kier alpha value is -1.92. The van der Waals surface area contributed by atoms with E-state index in [-0.39, 0.29) is 18.5 Å². The van der Waals surface area contributed by atoms with Crippen molar-refractivity contribution in [1.82, 2.24) is 5.32 Å². The number of amides is 1. The minimum Gasteiger partial charge on any atom is -0.466 e. The van der Waals surface area contributed by atoms with Crippen LogP contribution in [0.25, 0.3) is 0 Å². The van der Waals surface area contributed by atoms with Gasteiger partial charge in [-0.2, -0.15) is 0 Å². The molecule has 0 aromatic heterocycles. The quantitative estimate of drug-likeness (QED) is 0.0323. The summed E-state index contributed by atoms with van der Waals surface area (Å²) < 4.78 is 5.43. The van der Waals surface area contributed by atoms with Gasteiger partial charge in [0.15, 0.2) is 0 Å². The molecule has 0 bridgehead atoms. The normalized spacial score (nSPS) is 12.9. The van der Waals surface area contributed by atoms with Crippen LogP contribution in [0, 0.1) is 0 Å². The molecule has 2 atom stereocenters. The summed E-state index contributed by atoms with van der Waals surface area (Å²) in [7, 11) is 0. The number of ether oxygens (including phenoxy) is 1. The zero-order valence-electron chi connectivity index (χ0n) is 39.2. The van der Waals surface area contributed by atoms with Crippen molar-refractivity contribution in [2.75, 3.05) is 13.2 Å². The van der Waals surface area contributed by atoms with Crippen molar-refractivity contribution >= 4 is 11.9 Å². The minimum absolute atomic E-state index is 0.0463. The first-order valence-corrected chi connectivity index (χ1v) is 25.8. The number of allylic oxidation sites excluding steroid dienone is 5. The third-order valence-electron chi connectivity index (χ3n) is 11.6. The average Bonchev–Trinajstić information content (AvgIpc) is 3.24. The van der Waals surface area contributed by atoms with Crippen LogP contribution in [-0.4, -0.2) is 47.4 Å². The van der Waals surface area contributed by atoms with Crippen molar-refractivity contribution in [3.8, 4) is 0 Å². The monoisotopic (exact) mass is 830 g/mol. The lowest BCUT2D eigenvalue weighted by atomic mass is 10.0. The molecule has 1 amide bonds. The van der Waals surface area contributed by atoms with Crippen molar-refractivity contribution in [2.24, 2.45) is 0 Å². The minimum atomic E-state index is -0.876. The SMILES string of the molecule is CCCCCCCC/C=C\CCCCCCCC(=O)OCCCCCC/C=C\CCCC(=O)NC(CO)C(O)/C=C/CCCCCCCCCCCCCCCCCC. The lowest BCUT2D eigenvalue weighted by molar-refractivity contribution is -0.143. The molecule has 3 N–H and O–H groups in total. The number of carbonyl (C=O) groups excluding carboxylic acids is 2. The van der Waals surface area contributed by atoms with Crippen LogP contribution in [0.5, 0.6) is 0 Å². The highest BCUT2D eigenvalue weighted by Crippen LogP contribution is 2.15. The van der Waals surface area contributed by atoms with Gasteiger partial charge in [-0.05, 0) is 77.0 Å². The molecule has 0 fully saturated rings. The van der Waals surface area contributed by atoms with E-state index in [1.807, 2.05) is 6.08 Å². The van der Waals surface area contributed by atoms with Crippen LogP contribution in [0.3, 0.4) is 0 Å². The molecule has 0 saturated heterocycles. The van der Waals surface area contributed by atoms with Gasteiger partial charge < -0.3 is 20.3 Å². The number of hydrogen-bond acceptors (Lipinski definition) is 5. The fourth-order valence-corrected chi connectivity index (χ4v) is 7.63. The Morgan fingerprint density at radius 2 is 0.814 bits per heavy atom. The topological polar surface area (TPSA) is 95.9 Å². The third kappa shape index (κ3) is 45.4. The molecule has 2 unspecified atom stereocenters. The van der Waals surface area contributed by atoms with E-state index in [0.29, 0.717) is 19.4 Å². The standard InChI is InChI=1S/C53H99NO5/c1-3-5-7-9-11-13-15-17-19-20-21-23-24-26-29-33-37-41-45-51(56)50(49-55)54-52(57)46-42-38-34-30-28-32-36-40-44-48-59-53(58)47-43-39-35-31-27-25-22-18-16-14-12-10-8-6-4-2/h18,22,30,34,41,45,50-51,55-56H,3-17,19-21,23-29,31-33,35-40,42-44,46-49H2,1-2H3,(H,54,57)/b22-18-,34-30-,45-41+. The van der Waals surface area contributed by atoms with E-state index in [9.17, 15) is 19.8 Å². The van der Waals surface area contributed by atoms with Crippen molar-refractivity contribution in [1.29, 1.82) is 0 Å². The summed E-state index contributed by atoms with van der Waals surface area (Å²) in [6.45, 7) is 4.80. The Labute approximate surface area is 366 Å². The first-order chi connectivity index (χ1) is 29.0. The highest BCUT2D eigenvalue weighted by molar-refractivity contribution is 5.76. The number of esters is 1. The van der Waals surface area contributed by atoms with Crippen molar-refractivity contribution in [3.63, 3.8) is 0 Å². The van der Waals surface area contributed by atoms with Gasteiger partial charge >= 0.3 is 5.97 Å². The fourth-order valence-electron chi connectivity index (χ4n) is 7.63. The van der Waals surface area contributed by atoms with Crippen LogP contribution in [0.15, 0.2) is 36.5 Å². The van der Waals surface area contributed by atoms with E-state index >= 15 is 0 Å². The summed E-state index contributed by atoms with van der Waals surface area (Å²) in [4.78, 5) is 24.4. The summed E-state index contributed by atoms with van der Waals surface area (Å²) in [5, 5.41) is 23.0. The highest BCUT2D eigenvalue weighted by Gasteiger charge is 2.17. The number of aliphatic hydroxyl groups excluding tert-OH is 2. The number of rotatable bonds is 47. The summed E-state index contributed by atoms with van der Waals surface area (Å²) in [6, 6.07) is -0.666. The van der Waals surface area contributed by atoms with Crippen LogP contribution in [0.4, 0.5) is 0 Å². The maximum Gasteiger partial charge on any atom is 0.305 e. The van der Waals surface area contributed by atoms with Gasteiger partial charge in [0.05, 0.1) is 25.4 Å². The fraction of sp³-hybridized carbons (Fsp3) is 0.849. The molecule has 59 heavy (non-hydrogen) atoms. The molecule has 0 rings (SSSR count). The van der Waals surface area contributed by atoms with Gasteiger partial charge in [-0.25, -0.2) is 0 Å². The third-order valence-corrected chi connectivity index (χ3v) is 11.6. The van der Waals surface area contributed by atoms with E-state index in [2.05, 4.69) is 43.5 Å². The number of nitrogens with one attached hydrogen (secondary N) is 1. The van der Waals surface area contributed by atoms with Crippen LogP contribution >= 0.6 is 0 Å². The summed E-state index contributed by atoms with van der Waals surface area (Å²) in [6.07, 6.45) is 58.6. The molecule has 6 nitrogen and oxygen atoms in total. The molecule has 0 aliphatic heterocycles. The average molecular weight is 830 g/mol. The predicted molar refractivity (Wildman–Crippen MR) is 255 cm³/mol. The van der Waals surface area contributed by atoms with Gasteiger partial charge in [0.2, 0.25) is 5.91 Å². The molecule has 0 spiro atoms. The Kier molecular flexibility index (Phi) is 47.2. The Bertz CT molecular complexity index is 962. The van der Waals surface area contributed by atoms with E-state index < -0.39 is 12.1 Å². The highest BCUT2D eigenvalue weighted by atomic mass is 16.5. The molecular formula is C53H99NO5. The van der Waals surface area contributed by atoms with Crippen LogP contribution in [-0.2, 0) is 14.3 Å². The first kappa shape index (κ1) is 57.1. The number of aliphatic hydroxyl groups is 2. The molecule has 0 aliphatic carbocycles. The van der Waals surface area contributed by atoms with E-state index in [1.54, 1.807) is 6.08 Å². The second-order valence-corrected chi connectivity index (χ2v) is 17.5. The van der Waals surface area contributed by atoms with E-state index in [1.165, 1.54) is 167 Å². The lowest BCUT2D eigenvalue weighted by Gasteiger charge is -2.19. The zero-order chi connectivity index (χ0) is 43.0. The van der Waals surface area contributed by atoms with Gasteiger partial charge in [0.25, 0.3) is 0 Å².